The zero-order valence-electron chi connectivity index (χ0n) is 3.89. The lowest BCUT2D eigenvalue weighted by Crippen LogP contribution is -1.89. The van der Waals surface area contributed by atoms with Crippen LogP contribution in [0.2, 0.25) is 0 Å². The van der Waals surface area contributed by atoms with E-state index in [4.69, 9.17) is 0 Å². The van der Waals surface area contributed by atoms with Gasteiger partial charge >= 0.3 is 0 Å². The fourth-order valence-corrected chi connectivity index (χ4v) is 0.300. The van der Waals surface area contributed by atoms with Gasteiger partial charge in [-0.05, 0) is 13.8 Å². The van der Waals surface area contributed by atoms with Crippen LogP contribution in [-0.4, -0.2) is 5.71 Å². The molecule has 0 aliphatic heterocycles. The van der Waals surface area contributed by atoms with E-state index in [1.165, 1.54) is 0 Å². The number of hydrogen-bond donors (Lipinski definition) is 2. The van der Waals surface area contributed by atoms with Crippen LogP contribution >= 0.6 is 12.8 Å². The number of nitrogens with one attached hydrogen (secondary N) is 1. The normalized spacial score (nSPS) is 7.17. The van der Waals surface area contributed by atoms with Gasteiger partial charge in [0.25, 0.3) is 0 Å². The summed E-state index contributed by atoms with van der Waals surface area (Å²) in [6.07, 6.45) is 0. The average Bonchev–Trinajstić information content (AvgIpc) is 1.35. The van der Waals surface area contributed by atoms with Gasteiger partial charge in [-0.1, -0.05) is 12.8 Å². The molecule has 0 aliphatic carbocycles. The molecule has 0 radical (unpaired) electrons. The van der Waals surface area contributed by atoms with Crippen molar-refractivity contribution in [2.75, 3.05) is 0 Å². The van der Waals surface area contributed by atoms with Crippen molar-refractivity contribution in [3.8, 4) is 0 Å². The first-order valence-corrected chi connectivity index (χ1v) is 2.12. The first kappa shape index (κ1) is 5.82. The minimum Gasteiger partial charge on any atom is -0.255 e. The lowest BCUT2D eigenvalue weighted by molar-refractivity contribution is 1.12. The first-order chi connectivity index (χ1) is 2.77. The maximum atomic E-state index is 3.66. The topological polar surface area (TPSA) is 24.4 Å². The minimum absolute atomic E-state index is 0.977. The molecule has 0 amide bonds. The van der Waals surface area contributed by atoms with E-state index < -0.39 is 0 Å². The number of hydrogen-bond acceptors (Lipinski definition) is 3. The summed E-state index contributed by atoms with van der Waals surface area (Å²) in [6.45, 7) is 3.78. The van der Waals surface area contributed by atoms with Crippen molar-refractivity contribution in [1.82, 2.24) is 4.83 Å². The maximum absolute atomic E-state index is 3.66. The Bertz CT molecular complexity index is 55.8. The standard InChI is InChI=1S/C3H8N2S/c1-3(2)4-5-6/h5-6H,1-2H3. The van der Waals surface area contributed by atoms with Crippen LogP contribution in [0.25, 0.3) is 0 Å². The summed E-state index contributed by atoms with van der Waals surface area (Å²) in [5.74, 6) is 0. The third-order valence-electron chi connectivity index (χ3n) is 0.274. The Morgan fingerprint density at radius 1 is 1.67 bits per heavy atom. The third kappa shape index (κ3) is 3.82. The van der Waals surface area contributed by atoms with Gasteiger partial charge in [0, 0.05) is 5.71 Å². The van der Waals surface area contributed by atoms with Crippen LogP contribution < -0.4 is 4.83 Å². The second-order valence-electron chi connectivity index (χ2n) is 1.16. The van der Waals surface area contributed by atoms with Gasteiger partial charge in [-0.15, -0.1) is 0 Å². The quantitative estimate of drug-likeness (QED) is 0.287. The van der Waals surface area contributed by atoms with Gasteiger partial charge in [0.15, 0.2) is 0 Å². The molecule has 0 saturated heterocycles. The molecular formula is C3H8N2S. The van der Waals surface area contributed by atoms with E-state index in [-0.39, 0.29) is 0 Å². The molecule has 0 aromatic rings. The van der Waals surface area contributed by atoms with Crippen molar-refractivity contribution in [2.45, 2.75) is 13.8 Å². The lowest BCUT2D eigenvalue weighted by Gasteiger charge is -1.83. The van der Waals surface area contributed by atoms with E-state index in [0.717, 1.165) is 5.71 Å². The minimum atomic E-state index is 0.977. The monoisotopic (exact) mass is 104 g/mol. The van der Waals surface area contributed by atoms with Crippen molar-refractivity contribution >= 4 is 18.5 Å². The molecule has 0 aromatic heterocycles. The Labute approximate surface area is 43.2 Å². The predicted molar refractivity (Wildman–Crippen MR) is 30.9 cm³/mol. The van der Waals surface area contributed by atoms with Crippen molar-refractivity contribution < 1.29 is 0 Å². The van der Waals surface area contributed by atoms with Gasteiger partial charge in [0.1, 0.15) is 0 Å². The molecule has 0 aliphatic rings. The smallest absolute Gasteiger partial charge is 0.0326 e. The Kier molecular flexibility index (Phi) is 2.94. The summed E-state index contributed by atoms with van der Waals surface area (Å²) in [5, 5.41) is 3.66. The second kappa shape index (κ2) is 3.03. The van der Waals surface area contributed by atoms with Crippen molar-refractivity contribution in [2.24, 2.45) is 5.10 Å². The van der Waals surface area contributed by atoms with Gasteiger partial charge in [-0.3, -0.25) is 4.83 Å². The molecule has 6 heavy (non-hydrogen) atoms. The molecule has 0 rings (SSSR count). The molecule has 0 heterocycles. The number of hydrazone groups is 1. The Balaban J connectivity index is 3.14. The van der Waals surface area contributed by atoms with Crippen LogP contribution in [0.15, 0.2) is 5.10 Å². The van der Waals surface area contributed by atoms with Crippen LogP contribution in [0, 0.1) is 0 Å². The maximum Gasteiger partial charge on any atom is 0.0326 e. The Morgan fingerprint density at radius 2 is 2.17 bits per heavy atom. The zero-order valence-corrected chi connectivity index (χ0v) is 4.79. The highest BCUT2D eigenvalue weighted by Gasteiger charge is 1.67. The highest BCUT2D eigenvalue weighted by molar-refractivity contribution is 7.78. The molecule has 0 bridgehead atoms. The fraction of sp³-hybridized carbons (Fsp3) is 0.667. The largest absolute Gasteiger partial charge is 0.255 e. The van der Waals surface area contributed by atoms with Gasteiger partial charge in [-0.25, -0.2) is 0 Å². The van der Waals surface area contributed by atoms with Crippen LogP contribution in [0.4, 0.5) is 0 Å². The summed E-state index contributed by atoms with van der Waals surface area (Å²) < 4.78 is 0. The van der Waals surface area contributed by atoms with E-state index in [1.54, 1.807) is 0 Å². The number of rotatable bonds is 1. The van der Waals surface area contributed by atoms with E-state index >= 15 is 0 Å². The van der Waals surface area contributed by atoms with Gasteiger partial charge in [0.2, 0.25) is 0 Å². The summed E-state index contributed by atoms with van der Waals surface area (Å²) in [6, 6.07) is 0. The van der Waals surface area contributed by atoms with Crippen LogP contribution in [0.1, 0.15) is 13.8 Å². The van der Waals surface area contributed by atoms with Crippen molar-refractivity contribution in [3.05, 3.63) is 0 Å². The van der Waals surface area contributed by atoms with Crippen molar-refractivity contribution in [1.29, 1.82) is 0 Å². The molecule has 0 unspecified atom stereocenters. The van der Waals surface area contributed by atoms with Gasteiger partial charge < -0.3 is 0 Å². The SMILES string of the molecule is CC(C)=NNS. The zero-order chi connectivity index (χ0) is 4.99. The molecule has 0 aromatic carbocycles. The summed E-state index contributed by atoms with van der Waals surface area (Å²) in [4.78, 5) is 2.35. The van der Waals surface area contributed by atoms with Crippen LogP contribution in [0.3, 0.4) is 0 Å². The predicted octanol–water partition coefficient (Wildman–Crippen LogP) is 0.817. The molecule has 0 atom stereocenters. The summed E-state index contributed by atoms with van der Waals surface area (Å²) in [7, 11) is 0. The fourth-order valence-electron chi connectivity index (χ4n) is 0.100. The summed E-state index contributed by atoms with van der Waals surface area (Å²) >= 11 is 3.62. The number of nitrogens with zero attached hydrogens (tertiary/aromatic N) is 1. The highest BCUT2D eigenvalue weighted by Crippen LogP contribution is 1.68. The summed E-state index contributed by atoms with van der Waals surface area (Å²) in [5.41, 5.74) is 0.977. The van der Waals surface area contributed by atoms with Crippen LogP contribution in [-0.2, 0) is 0 Å². The van der Waals surface area contributed by atoms with Crippen LogP contribution in [0.5, 0.6) is 0 Å². The van der Waals surface area contributed by atoms with Crippen molar-refractivity contribution in [3.63, 3.8) is 0 Å². The third-order valence-corrected chi connectivity index (χ3v) is 0.374. The van der Waals surface area contributed by atoms with Gasteiger partial charge in [-0.2, -0.15) is 5.10 Å². The Hall–Kier alpha value is -0.180. The average molecular weight is 104 g/mol. The molecule has 0 fully saturated rings. The van der Waals surface area contributed by atoms with E-state index in [1.807, 2.05) is 13.8 Å². The Morgan fingerprint density at radius 3 is 2.17 bits per heavy atom. The highest BCUT2D eigenvalue weighted by atomic mass is 32.1. The van der Waals surface area contributed by atoms with E-state index in [2.05, 4.69) is 22.7 Å². The van der Waals surface area contributed by atoms with E-state index in [0.29, 0.717) is 0 Å². The van der Waals surface area contributed by atoms with E-state index in [9.17, 15) is 0 Å². The van der Waals surface area contributed by atoms with Gasteiger partial charge in [0.05, 0.1) is 0 Å². The molecule has 3 heteroatoms. The molecule has 0 saturated carbocycles. The second-order valence-corrected chi connectivity index (χ2v) is 1.36. The molecule has 1 N–H and O–H groups in total. The lowest BCUT2D eigenvalue weighted by atomic mass is 10.5. The molecule has 0 spiro atoms. The molecule has 36 valence electrons. The number of thiol groups is 1. The first-order valence-electron chi connectivity index (χ1n) is 1.67. The molecular weight excluding hydrogens is 96.1 g/mol. The molecule has 2 nitrogen and oxygen atoms in total.